The molecule has 1 N–H and O–H groups in total. The molecule has 0 fully saturated rings. The molecule has 0 unspecified atom stereocenters. The molecule has 5 nitrogen and oxygen atoms in total. The Bertz CT molecular complexity index is 485. The van der Waals surface area contributed by atoms with Gasteiger partial charge in [0.15, 0.2) is 0 Å². The Hall–Kier alpha value is -2.04. The normalized spacial score (nSPS) is 10.5. The number of benzene rings is 1. The molecule has 1 amide bonds. The molecule has 1 rings (SSSR count). The Morgan fingerprint density at radius 3 is 2.62 bits per heavy atom. The molecule has 0 bridgehead atoms. The first-order valence-electron chi connectivity index (χ1n) is 7.18. The number of nitrogens with zero attached hydrogens (tertiary/aromatic N) is 1. The first-order chi connectivity index (χ1) is 9.93. The molecule has 0 radical (unpaired) electrons. The zero-order valence-corrected chi connectivity index (χ0v) is 12.8. The average Bonchev–Trinajstić information content (AvgIpc) is 2.44. The van der Waals surface area contributed by atoms with E-state index in [9.17, 15) is 9.59 Å². The molecule has 0 atom stereocenters. The van der Waals surface area contributed by atoms with Crippen molar-refractivity contribution in [2.24, 2.45) is 5.92 Å². The van der Waals surface area contributed by atoms with E-state index in [1.165, 1.54) is 4.90 Å². The van der Waals surface area contributed by atoms with Crippen LogP contribution in [0.15, 0.2) is 24.3 Å². The summed E-state index contributed by atoms with van der Waals surface area (Å²) in [5, 5.41) is 8.89. The largest absolute Gasteiger partial charge is 0.493 e. The van der Waals surface area contributed by atoms with Gasteiger partial charge in [-0.1, -0.05) is 26.8 Å². The van der Waals surface area contributed by atoms with Gasteiger partial charge in [-0.15, -0.1) is 0 Å². The lowest BCUT2D eigenvalue weighted by atomic mass is 10.1. The van der Waals surface area contributed by atoms with Crippen LogP contribution in [-0.2, 0) is 4.79 Å². The molecule has 1 aromatic rings. The Kier molecular flexibility index (Phi) is 6.72. The number of hydrogen-bond acceptors (Lipinski definition) is 3. The fourth-order valence-corrected chi connectivity index (χ4v) is 1.85. The first-order valence-corrected chi connectivity index (χ1v) is 7.18. The Labute approximate surface area is 125 Å². The van der Waals surface area contributed by atoms with E-state index in [2.05, 4.69) is 0 Å². The van der Waals surface area contributed by atoms with E-state index in [1.54, 1.807) is 24.3 Å². The van der Waals surface area contributed by atoms with Gasteiger partial charge in [-0.3, -0.25) is 9.59 Å². The zero-order chi connectivity index (χ0) is 15.8. The lowest BCUT2D eigenvalue weighted by Crippen LogP contribution is -2.36. The topological polar surface area (TPSA) is 66.8 Å². The van der Waals surface area contributed by atoms with Gasteiger partial charge in [0.25, 0.3) is 5.91 Å². The molecule has 0 saturated heterocycles. The minimum atomic E-state index is -1.01. The van der Waals surface area contributed by atoms with Crippen LogP contribution in [0.3, 0.4) is 0 Å². The van der Waals surface area contributed by atoms with Crippen LogP contribution < -0.4 is 4.74 Å². The Balaban J connectivity index is 2.84. The van der Waals surface area contributed by atoms with Gasteiger partial charge in [-0.25, -0.2) is 0 Å². The SMILES string of the molecule is CCCN(CC(=O)O)C(=O)c1cccc(OCC(C)C)c1. The average molecular weight is 293 g/mol. The summed E-state index contributed by atoms with van der Waals surface area (Å²) >= 11 is 0. The van der Waals surface area contributed by atoms with Crippen LogP contribution in [-0.4, -0.2) is 41.6 Å². The highest BCUT2D eigenvalue weighted by atomic mass is 16.5. The second-order valence-corrected chi connectivity index (χ2v) is 5.35. The summed E-state index contributed by atoms with van der Waals surface area (Å²) in [6.07, 6.45) is 0.711. The van der Waals surface area contributed by atoms with Crippen LogP contribution in [0, 0.1) is 5.92 Å². The first kappa shape index (κ1) is 17.0. The third kappa shape index (κ3) is 5.85. The fourth-order valence-electron chi connectivity index (χ4n) is 1.85. The quantitative estimate of drug-likeness (QED) is 0.800. The van der Waals surface area contributed by atoms with Crippen LogP contribution in [0.5, 0.6) is 5.75 Å². The lowest BCUT2D eigenvalue weighted by molar-refractivity contribution is -0.137. The summed E-state index contributed by atoms with van der Waals surface area (Å²) in [6, 6.07) is 6.87. The van der Waals surface area contributed by atoms with Crippen molar-refractivity contribution in [3.63, 3.8) is 0 Å². The fraction of sp³-hybridized carbons (Fsp3) is 0.500. The Morgan fingerprint density at radius 2 is 2.05 bits per heavy atom. The van der Waals surface area contributed by atoms with Gasteiger partial charge in [0.2, 0.25) is 0 Å². The minimum absolute atomic E-state index is 0.283. The number of amides is 1. The molecule has 0 aliphatic heterocycles. The van der Waals surface area contributed by atoms with Crippen molar-refractivity contribution in [2.45, 2.75) is 27.2 Å². The van der Waals surface area contributed by atoms with Crippen molar-refractivity contribution in [3.05, 3.63) is 29.8 Å². The maximum Gasteiger partial charge on any atom is 0.323 e. The maximum absolute atomic E-state index is 12.4. The van der Waals surface area contributed by atoms with E-state index in [4.69, 9.17) is 9.84 Å². The van der Waals surface area contributed by atoms with Gasteiger partial charge in [0.1, 0.15) is 12.3 Å². The van der Waals surface area contributed by atoms with Crippen molar-refractivity contribution >= 4 is 11.9 Å². The molecule has 0 aromatic heterocycles. The van der Waals surface area contributed by atoms with Crippen LogP contribution >= 0.6 is 0 Å². The van der Waals surface area contributed by atoms with Crippen molar-refractivity contribution < 1.29 is 19.4 Å². The highest BCUT2D eigenvalue weighted by Crippen LogP contribution is 2.16. The molecule has 0 spiro atoms. The smallest absolute Gasteiger partial charge is 0.323 e. The predicted octanol–water partition coefficient (Wildman–Crippen LogP) is 2.66. The molecule has 116 valence electrons. The van der Waals surface area contributed by atoms with E-state index in [1.807, 2.05) is 20.8 Å². The third-order valence-electron chi connectivity index (χ3n) is 2.77. The number of carboxylic acid groups (broad SMARTS) is 1. The summed E-state index contributed by atoms with van der Waals surface area (Å²) in [5.41, 5.74) is 0.450. The Morgan fingerprint density at radius 1 is 1.33 bits per heavy atom. The van der Waals surface area contributed by atoms with E-state index in [0.29, 0.717) is 36.8 Å². The molecule has 0 heterocycles. The van der Waals surface area contributed by atoms with Crippen LogP contribution in [0.2, 0.25) is 0 Å². The van der Waals surface area contributed by atoms with Gasteiger partial charge in [0.05, 0.1) is 6.61 Å². The van der Waals surface area contributed by atoms with E-state index >= 15 is 0 Å². The van der Waals surface area contributed by atoms with Crippen molar-refractivity contribution in [2.75, 3.05) is 19.7 Å². The molecular weight excluding hydrogens is 270 g/mol. The summed E-state index contributed by atoms with van der Waals surface area (Å²) < 4.78 is 5.59. The highest BCUT2D eigenvalue weighted by Gasteiger charge is 2.18. The van der Waals surface area contributed by atoms with Crippen LogP contribution in [0.4, 0.5) is 0 Å². The zero-order valence-electron chi connectivity index (χ0n) is 12.8. The van der Waals surface area contributed by atoms with Gasteiger partial charge < -0.3 is 14.7 Å². The van der Waals surface area contributed by atoms with Gasteiger partial charge in [0, 0.05) is 12.1 Å². The molecule has 0 aliphatic carbocycles. The van der Waals surface area contributed by atoms with E-state index < -0.39 is 5.97 Å². The van der Waals surface area contributed by atoms with Gasteiger partial charge in [-0.05, 0) is 30.5 Å². The van der Waals surface area contributed by atoms with Crippen LogP contribution in [0.25, 0.3) is 0 Å². The predicted molar refractivity (Wildman–Crippen MR) is 80.6 cm³/mol. The van der Waals surface area contributed by atoms with E-state index in [0.717, 1.165) is 0 Å². The molecule has 0 aliphatic rings. The third-order valence-corrected chi connectivity index (χ3v) is 2.77. The van der Waals surface area contributed by atoms with Gasteiger partial charge in [-0.2, -0.15) is 0 Å². The second-order valence-electron chi connectivity index (χ2n) is 5.35. The second kappa shape index (κ2) is 8.29. The van der Waals surface area contributed by atoms with Crippen molar-refractivity contribution in [1.82, 2.24) is 4.90 Å². The molecular formula is C16H23NO4. The summed E-state index contributed by atoms with van der Waals surface area (Å²) in [6.45, 7) is 6.71. The number of carbonyl (C=O) groups is 2. The summed E-state index contributed by atoms with van der Waals surface area (Å²) in [4.78, 5) is 24.6. The molecule has 0 saturated carbocycles. The van der Waals surface area contributed by atoms with Crippen molar-refractivity contribution in [1.29, 1.82) is 0 Å². The number of rotatable bonds is 8. The lowest BCUT2D eigenvalue weighted by Gasteiger charge is -2.20. The van der Waals surface area contributed by atoms with Gasteiger partial charge >= 0.3 is 5.97 Å². The summed E-state index contributed by atoms with van der Waals surface area (Å²) in [7, 11) is 0. The van der Waals surface area contributed by atoms with E-state index in [-0.39, 0.29) is 12.5 Å². The number of ether oxygens (including phenoxy) is 1. The maximum atomic E-state index is 12.4. The number of hydrogen-bond donors (Lipinski definition) is 1. The standard InChI is InChI=1S/C16H23NO4/c1-4-8-17(10-15(18)19)16(20)13-6-5-7-14(9-13)21-11-12(2)3/h5-7,9,12H,4,8,10-11H2,1-3H3,(H,18,19). The highest BCUT2D eigenvalue weighted by molar-refractivity contribution is 5.96. The number of aliphatic carboxylic acids is 1. The van der Waals surface area contributed by atoms with Crippen LogP contribution in [0.1, 0.15) is 37.6 Å². The minimum Gasteiger partial charge on any atom is -0.493 e. The van der Waals surface area contributed by atoms with Crippen molar-refractivity contribution in [3.8, 4) is 5.75 Å². The molecule has 5 heteroatoms. The number of carbonyl (C=O) groups excluding carboxylic acids is 1. The monoisotopic (exact) mass is 293 g/mol. The molecule has 1 aromatic carbocycles. The molecule has 21 heavy (non-hydrogen) atoms. The number of carboxylic acids is 1. The summed E-state index contributed by atoms with van der Waals surface area (Å²) in [5.74, 6) is -0.271.